The number of aromatic hydroxyl groups is 2. The molecule has 16 heteroatoms. The molecule has 2 bridgehead atoms. The van der Waals surface area contributed by atoms with Crippen molar-refractivity contribution in [3.05, 3.63) is 28.8 Å². The molecule has 6 fully saturated rings. The number of nitrogens with one attached hydrogen (secondary N) is 2. The zero-order valence-corrected chi connectivity index (χ0v) is 31.3. The molecule has 2 aromatic rings. The van der Waals surface area contributed by atoms with E-state index >= 15 is 0 Å². The van der Waals surface area contributed by atoms with Crippen LogP contribution >= 0.6 is 21.6 Å². The monoisotopic (exact) mass is 776 g/mol. The summed E-state index contributed by atoms with van der Waals surface area (Å²) in [5.41, 5.74) is 5.26. The topological polar surface area (TPSA) is 216 Å². The lowest BCUT2D eigenvalue weighted by molar-refractivity contribution is -0.323. The Bertz CT molecular complexity index is 1800. The highest BCUT2D eigenvalue weighted by Gasteiger charge is 2.65. The number of aliphatic hydroxyl groups excluding tert-OH is 3. The van der Waals surface area contributed by atoms with E-state index in [0.29, 0.717) is 37.5 Å². The number of aliphatic hydroxyl groups is 3. The van der Waals surface area contributed by atoms with Crippen LogP contribution < -0.4 is 15.6 Å². The Morgan fingerprint density at radius 2 is 1.87 bits per heavy atom. The van der Waals surface area contributed by atoms with Crippen molar-refractivity contribution >= 4 is 44.1 Å². The summed E-state index contributed by atoms with van der Waals surface area (Å²) in [5, 5.41) is 66.8. The molecule has 53 heavy (non-hydrogen) atoms. The van der Waals surface area contributed by atoms with E-state index in [1.54, 1.807) is 10.8 Å². The fourth-order valence-corrected chi connectivity index (χ4v) is 13.1. The van der Waals surface area contributed by atoms with Crippen molar-refractivity contribution in [1.82, 2.24) is 10.9 Å². The van der Waals surface area contributed by atoms with Crippen molar-refractivity contribution in [2.24, 2.45) is 23.2 Å². The van der Waals surface area contributed by atoms with Gasteiger partial charge in [0.2, 0.25) is 6.29 Å². The van der Waals surface area contributed by atoms with Crippen LogP contribution in [0.2, 0.25) is 0 Å². The summed E-state index contributed by atoms with van der Waals surface area (Å²) in [6, 6.07) is 2.59. The number of Topliss-reactive ketones (excluding diaryl/α,β-unsaturated/α-hetero) is 1. The maximum atomic E-state index is 12.5. The van der Waals surface area contributed by atoms with Gasteiger partial charge < -0.3 is 49.6 Å². The number of carboxylic acid groups (broad SMARTS) is 1. The van der Waals surface area contributed by atoms with E-state index in [1.165, 1.54) is 24.6 Å². The predicted octanol–water partition coefficient (Wildman–Crippen LogP) is 3.22. The fourth-order valence-electron chi connectivity index (χ4n) is 11.0. The molecule has 4 aliphatic heterocycles. The summed E-state index contributed by atoms with van der Waals surface area (Å²) >= 11 is 0. The van der Waals surface area contributed by atoms with E-state index < -0.39 is 60.1 Å². The molecule has 8 N–H and O–H groups in total. The normalized spacial score (nSPS) is 39.9. The Labute approximate surface area is 314 Å². The Morgan fingerprint density at radius 1 is 1.08 bits per heavy atom. The van der Waals surface area contributed by atoms with Crippen molar-refractivity contribution in [3.8, 4) is 17.2 Å². The number of ketones is 1. The first-order chi connectivity index (χ1) is 25.3. The Balaban J connectivity index is 1.15. The molecule has 6 aliphatic rings. The molecule has 4 saturated heterocycles. The van der Waals surface area contributed by atoms with E-state index in [4.69, 9.17) is 18.9 Å². The van der Waals surface area contributed by atoms with Crippen LogP contribution in [0.15, 0.2) is 12.1 Å². The van der Waals surface area contributed by atoms with Gasteiger partial charge >= 0.3 is 5.97 Å². The van der Waals surface area contributed by atoms with Gasteiger partial charge in [-0.3, -0.25) is 15.6 Å². The highest BCUT2D eigenvalue weighted by Crippen LogP contribution is 2.62. The molecule has 290 valence electrons. The average Bonchev–Trinajstić information content (AvgIpc) is 3.51. The van der Waals surface area contributed by atoms with Crippen LogP contribution in [0.5, 0.6) is 17.2 Å². The lowest BCUT2D eigenvalue weighted by Gasteiger charge is -2.64. The molecule has 8 rings (SSSR count). The summed E-state index contributed by atoms with van der Waals surface area (Å²) in [6.45, 7) is 3.41. The SMILES string of the molecule is CC(=O)c1c(C)c(O)c2cc(C(=O)O)cc(O[C@@H]3O[C@H](CO)[C@]4(CC[C@]56C[C@@]7(CCC[C@@H]7NN5)C[C@@H]5COC[C@H](CSSCO4)[C@@H]56)[C@H](O)[C@H]3O)c2c1O. The number of fused-ring (bicyclic) bond motifs is 1. The van der Waals surface area contributed by atoms with Gasteiger partial charge in [0.1, 0.15) is 47.1 Å². The van der Waals surface area contributed by atoms with Gasteiger partial charge in [-0.15, -0.1) is 0 Å². The Hall–Kier alpha value is -2.38. The summed E-state index contributed by atoms with van der Waals surface area (Å²) in [6.07, 6.45) is -0.0357. The Kier molecular flexibility index (Phi) is 9.90. The molecule has 0 radical (unpaired) electrons. The molecule has 0 aromatic heterocycles. The molecular weight excluding hydrogens is 729 g/mol. The van der Waals surface area contributed by atoms with E-state index in [9.17, 15) is 40.2 Å². The quantitative estimate of drug-likeness (QED) is 0.124. The van der Waals surface area contributed by atoms with Crippen molar-refractivity contribution < 1.29 is 59.2 Å². The summed E-state index contributed by atoms with van der Waals surface area (Å²) in [5.74, 6) is -1.26. The van der Waals surface area contributed by atoms with Crippen LogP contribution in [0, 0.1) is 30.1 Å². The van der Waals surface area contributed by atoms with Gasteiger partial charge in [0, 0.05) is 34.9 Å². The van der Waals surface area contributed by atoms with Crippen LogP contribution in [-0.2, 0) is 14.2 Å². The van der Waals surface area contributed by atoms with Gasteiger partial charge in [0.15, 0.2) is 5.78 Å². The number of hydrogen-bond acceptors (Lipinski definition) is 15. The van der Waals surface area contributed by atoms with Crippen molar-refractivity contribution in [3.63, 3.8) is 0 Å². The molecule has 11 atom stereocenters. The minimum absolute atomic E-state index is 0.0514. The van der Waals surface area contributed by atoms with E-state index in [2.05, 4.69) is 10.9 Å². The van der Waals surface area contributed by atoms with Crippen LogP contribution in [0.3, 0.4) is 0 Å². The highest BCUT2D eigenvalue weighted by atomic mass is 33.1. The van der Waals surface area contributed by atoms with Gasteiger partial charge in [-0.2, -0.15) is 0 Å². The number of aromatic carboxylic acids is 1. The van der Waals surface area contributed by atoms with E-state index in [-0.39, 0.29) is 62.4 Å². The molecule has 0 amide bonds. The third kappa shape index (κ3) is 5.94. The molecule has 4 heterocycles. The third-order valence-corrected chi connectivity index (χ3v) is 15.4. The molecule has 0 unspecified atom stereocenters. The summed E-state index contributed by atoms with van der Waals surface area (Å²) in [7, 11) is 3.17. The maximum Gasteiger partial charge on any atom is 0.335 e. The fraction of sp³-hybridized carbons (Fsp3) is 0.676. The van der Waals surface area contributed by atoms with Gasteiger partial charge in [-0.1, -0.05) is 28.0 Å². The number of carboxylic acids is 1. The van der Waals surface area contributed by atoms with Crippen LogP contribution in [0.4, 0.5) is 0 Å². The van der Waals surface area contributed by atoms with E-state index in [1.807, 2.05) is 0 Å². The van der Waals surface area contributed by atoms with Gasteiger partial charge in [-0.25, -0.2) is 4.79 Å². The number of hydrogen-bond donors (Lipinski definition) is 8. The lowest BCUT2D eigenvalue weighted by atomic mass is 9.50. The van der Waals surface area contributed by atoms with Gasteiger partial charge in [-0.05, 0) is 87.7 Å². The number of ether oxygens (including phenoxy) is 4. The first-order valence-corrected chi connectivity index (χ1v) is 20.9. The number of phenols is 2. The van der Waals surface area contributed by atoms with Crippen LogP contribution in [0.1, 0.15) is 78.1 Å². The highest BCUT2D eigenvalue weighted by molar-refractivity contribution is 8.76. The second-order valence-electron chi connectivity index (χ2n) is 16.0. The number of hydrazine groups is 1. The largest absolute Gasteiger partial charge is 0.507 e. The number of rotatable bonds is 5. The zero-order valence-electron chi connectivity index (χ0n) is 29.7. The number of carbonyl (C=O) groups excluding carboxylic acids is 1. The van der Waals surface area contributed by atoms with E-state index in [0.717, 1.165) is 50.0 Å². The summed E-state index contributed by atoms with van der Waals surface area (Å²) in [4.78, 5) is 24.7. The van der Waals surface area contributed by atoms with Crippen molar-refractivity contribution in [1.29, 1.82) is 0 Å². The molecule has 2 aliphatic carbocycles. The number of carbonyl (C=O) groups is 2. The standard InChI is InChI=1S/C37H48N2O12S2/c1-17-26(18(2)41)30(43)27-22(29(17)42)8-19(33(46)47)9-23(27)50-34-31(44)32(45)37(25(11-40)51-34)7-6-36-15-35(5-3-4-24(35)38-39-36)10-20-12-48-13-21(28(20)36)14-52-53-16-49-37/h8-9,20-21,24-25,28,31-32,34,38-40,42-45H,3-7,10-16H2,1-2H3,(H,46,47)/t20-,21-,24+,25-,28-,31-,32-,34-,35-,36-,37-/m1/s1. The lowest BCUT2D eigenvalue weighted by Crippen LogP contribution is -2.75. The van der Waals surface area contributed by atoms with Crippen LogP contribution in [0.25, 0.3) is 10.8 Å². The van der Waals surface area contributed by atoms with Crippen molar-refractivity contribution in [2.45, 2.75) is 101 Å². The average molecular weight is 777 g/mol. The maximum absolute atomic E-state index is 12.5. The van der Waals surface area contributed by atoms with Gasteiger partial charge in [0.05, 0.1) is 29.7 Å². The third-order valence-electron chi connectivity index (χ3n) is 13.3. The molecular formula is C37H48N2O12S2. The summed E-state index contributed by atoms with van der Waals surface area (Å²) < 4.78 is 25.1. The van der Waals surface area contributed by atoms with Gasteiger partial charge in [0.25, 0.3) is 0 Å². The first kappa shape index (κ1) is 37.5. The second-order valence-corrected chi connectivity index (χ2v) is 18.5. The number of benzene rings is 2. The smallest absolute Gasteiger partial charge is 0.335 e. The number of phenolic OH excluding ortho intramolecular Hbond substituents is 2. The van der Waals surface area contributed by atoms with Crippen LogP contribution in [-0.4, -0.2) is 116 Å². The molecule has 2 aromatic carbocycles. The second kappa shape index (κ2) is 14.0. The minimum atomic E-state index is -1.77. The Morgan fingerprint density at radius 3 is 2.62 bits per heavy atom. The molecule has 2 saturated carbocycles. The van der Waals surface area contributed by atoms with Crippen molar-refractivity contribution in [2.75, 3.05) is 31.5 Å². The predicted molar refractivity (Wildman–Crippen MR) is 195 cm³/mol. The first-order valence-electron chi connectivity index (χ1n) is 18.4. The zero-order chi connectivity index (χ0) is 37.4. The molecule has 14 nitrogen and oxygen atoms in total. The minimum Gasteiger partial charge on any atom is -0.507 e. The molecule has 3 spiro atoms.